The number of nitro benzene ring substituents is 1. The monoisotopic (exact) mass is 505 g/mol. The standard InChI is InChI=1S/C28H47N3O3S/c1-2-3-4-5-6-7-8-9-10-11-12-13-14-15-16-17-22-29-27(32)26-23-35-28(30-26)24-18-20-25(21-19-24)31(33)34/h18-21,26,28,30H,2-17,22-23H2,1H3,(H,29,32)/t26-,28?/m0/s1. The van der Waals surface area contributed by atoms with Crippen LogP contribution in [0.15, 0.2) is 24.3 Å². The van der Waals surface area contributed by atoms with Crippen LogP contribution in [0.1, 0.15) is 121 Å². The van der Waals surface area contributed by atoms with Crippen LogP contribution in [0.4, 0.5) is 5.69 Å². The molecule has 2 atom stereocenters. The van der Waals surface area contributed by atoms with Crippen molar-refractivity contribution in [3.05, 3.63) is 39.9 Å². The number of nitro groups is 1. The summed E-state index contributed by atoms with van der Waals surface area (Å²) in [6.07, 6.45) is 21.6. The largest absolute Gasteiger partial charge is 0.355 e. The van der Waals surface area contributed by atoms with E-state index < -0.39 is 4.92 Å². The number of amides is 1. The highest BCUT2D eigenvalue weighted by Crippen LogP contribution is 2.33. The van der Waals surface area contributed by atoms with Gasteiger partial charge in [-0.05, 0) is 24.1 Å². The van der Waals surface area contributed by atoms with E-state index in [1.54, 1.807) is 23.9 Å². The van der Waals surface area contributed by atoms with Crippen molar-refractivity contribution in [1.29, 1.82) is 0 Å². The average molecular weight is 506 g/mol. The van der Waals surface area contributed by atoms with Crippen molar-refractivity contribution >= 4 is 23.4 Å². The molecule has 0 aromatic heterocycles. The molecule has 7 heteroatoms. The van der Waals surface area contributed by atoms with Crippen LogP contribution in [0.25, 0.3) is 0 Å². The minimum absolute atomic E-state index is 0.00195. The Morgan fingerprint density at radius 1 is 0.886 bits per heavy atom. The van der Waals surface area contributed by atoms with Gasteiger partial charge in [-0.1, -0.05) is 103 Å². The number of nitrogens with zero attached hydrogens (tertiary/aromatic N) is 1. The molecule has 1 amide bonds. The Balaban J connectivity index is 1.38. The predicted molar refractivity (Wildman–Crippen MR) is 148 cm³/mol. The minimum atomic E-state index is -0.395. The number of hydrogen-bond donors (Lipinski definition) is 2. The molecule has 1 saturated heterocycles. The number of carbonyl (C=O) groups excluding carboxylic acids is 1. The highest BCUT2D eigenvalue weighted by molar-refractivity contribution is 7.99. The Morgan fingerprint density at radius 2 is 1.37 bits per heavy atom. The normalized spacial score (nSPS) is 17.5. The van der Waals surface area contributed by atoms with E-state index in [-0.39, 0.29) is 23.0 Å². The molecule has 1 aliphatic heterocycles. The molecular formula is C28H47N3O3S. The molecule has 1 heterocycles. The summed E-state index contributed by atoms with van der Waals surface area (Å²) in [6.45, 7) is 3.01. The van der Waals surface area contributed by atoms with E-state index in [0.29, 0.717) is 5.75 Å². The summed E-state index contributed by atoms with van der Waals surface area (Å²) in [7, 11) is 0. The quantitative estimate of drug-likeness (QED) is 0.108. The van der Waals surface area contributed by atoms with Crippen LogP contribution in [-0.2, 0) is 4.79 Å². The molecule has 0 spiro atoms. The lowest BCUT2D eigenvalue weighted by Gasteiger charge is -2.14. The minimum Gasteiger partial charge on any atom is -0.355 e. The van der Waals surface area contributed by atoms with Gasteiger partial charge in [-0.2, -0.15) is 0 Å². The highest BCUT2D eigenvalue weighted by Gasteiger charge is 2.30. The number of non-ortho nitro benzene ring substituents is 1. The SMILES string of the molecule is CCCCCCCCCCCCCCCCCCNC(=O)[C@@H]1CSC(c2ccc([N+](=O)[O-])cc2)N1. The highest BCUT2D eigenvalue weighted by atomic mass is 32.2. The van der Waals surface area contributed by atoms with E-state index in [9.17, 15) is 14.9 Å². The fraction of sp³-hybridized carbons (Fsp3) is 0.750. The van der Waals surface area contributed by atoms with Gasteiger partial charge in [0.25, 0.3) is 5.69 Å². The van der Waals surface area contributed by atoms with Gasteiger partial charge in [0.1, 0.15) is 0 Å². The third-order valence-electron chi connectivity index (χ3n) is 6.83. The van der Waals surface area contributed by atoms with Crippen molar-refractivity contribution < 1.29 is 9.72 Å². The number of nitrogens with one attached hydrogen (secondary N) is 2. The van der Waals surface area contributed by atoms with Gasteiger partial charge >= 0.3 is 0 Å². The average Bonchev–Trinajstić information content (AvgIpc) is 3.36. The zero-order valence-electron chi connectivity index (χ0n) is 21.8. The van der Waals surface area contributed by atoms with Gasteiger partial charge in [-0.3, -0.25) is 20.2 Å². The molecule has 198 valence electrons. The van der Waals surface area contributed by atoms with Crippen molar-refractivity contribution in [2.75, 3.05) is 12.3 Å². The second-order valence-electron chi connectivity index (χ2n) is 9.88. The maximum absolute atomic E-state index is 12.4. The lowest BCUT2D eigenvalue weighted by molar-refractivity contribution is -0.384. The van der Waals surface area contributed by atoms with Gasteiger partial charge < -0.3 is 5.32 Å². The molecule has 0 radical (unpaired) electrons. The topological polar surface area (TPSA) is 84.3 Å². The summed E-state index contributed by atoms with van der Waals surface area (Å²) in [5.41, 5.74) is 1.05. The number of thioether (sulfide) groups is 1. The van der Waals surface area contributed by atoms with E-state index in [4.69, 9.17) is 0 Å². The molecule has 35 heavy (non-hydrogen) atoms. The molecule has 0 bridgehead atoms. The molecular weight excluding hydrogens is 458 g/mol. The van der Waals surface area contributed by atoms with Crippen molar-refractivity contribution in [3.63, 3.8) is 0 Å². The zero-order chi connectivity index (χ0) is 25.1. The van der Waals surface area contributed by atoms with Crippen LogP contribution in [-0.4, -0.2) is 29.2 Å². The summed E-state index contributed by atoms with van der Waals surface area (Å²) in [5, 5.41) is 17.2. The maximum Gasteiger partial charge on any atom is 0.269 e. The summed E-state index contributed by atoms with van der Waals surface area (Å²) < 4.78 is 0. The third kappa shape index (κ3) is 12.8. The third-order valence-corrected chi connectivity index (χ3v) is 8.10. The Kier molecular flexibility index (Phi) is 15.8. The van der Waals surface area contributed by atoms with Crippen molar-refractivity contribution in [2.45, 2.75) is 121 Å². The second-order valence-corrected chi connectivity index (χ2v) is 11.0. The lowest BCUT2D eigenvalue weighted by atomic mass is 10.0. The molecule has 1 aromatic rings. The zero-order valence-corrected chi connectivity index (χ0v) is 22.6. The molecule has 0 aliphatic carbocycles. The molecule has 1 unspecified atom stereocenters. The number of unbranched alkanes of at least 4 members (excludes halogenated alkanes) is 15. The van der Waals surface area contributed by atoms with Gasteiger partial charge in [0.05, 0.1) is 16.3 Å². The number of benzene rings is 1. The van der Waals surface area contributed by atoms with Crippen LogP contribution in [0.3, 0.4) is 0 Å². The van der Waals surface area contributed by atoms with Crippen LogP contribution in [0.2, 0.25) is 0 Å². The molecule has 1 fully saturated rings. The molecule has 2 rings (SSSR count). The smallest absolute Gasteiger partial charge is 0.269 e. The Labute approximate surface area is 216 Å². The first-order valence-corrected chi connectivity index (χ1v) is 15.1. The van der Waals surface area contributed by atoms with E-state index in [0.717, 1.165) is 18.5 Å². The van der Waals surface area contributed by atoms with E-state index in [2.05, 4.69) is 17.6 Å². The van der Waals surface area contributed by atoms with Gasteiger partial charge in [-0.25, -0.2) is 0 Å². The molecule has 1 aromatic carbocycles. The van der Waals surface area contributed by atoms with E-state index in [1.807, 2.05) is 0 Å². The van der Waals surface area contributed by atoms with Crippen LogP contribution >= 0.6 is 11.8 Å². The van der Waals surface area contributed by atoms with Crippen molar-refractivity contribution in [3.8, 4) is 0 Å². The summed E-state index contributed by atoms with van der Waals surface area (Å²) in [5.74, 6) is 0.773. The first kappa shape index (κ1) is 29.6. The Morgan fingerprint density at radius 3 is 1.86 bits per heavy atom. The molecule has 2 N–H and O–H groups in total. The van der Waals surface area contributed by atoms with Gasteiger partial charge in [-0.15, -0.1) is 11.8 Å². The molecule has 1 aliphatic rings. The molecule has 6 nitrogen and oxygen atoms in total. The van der Waals surface area contributed by atoms with Gasteiger partial charge in [0.15, 0.2) is 0 Å². The number of carbonyl (C=O) groups is 1. The Hall–Kier alpha value is -1.60. The van der Waals surface area contributed by atoms with Gasteiger partial charge in [0.2, 0.25) is 5.91 Å². The Bertz CT molecular complexity index is 714. The first-order valence-electron chi connectivity index (χ1n) is 14.0. The first-order chi connectivity index (χ1) is 17.1. The fourth-order valence-electron chi connectivity index (χ4n) is 4.59. The van der Waals surface area contributed by atoms with Crippen molar-refractivity contribution in [1.82, 2.24) is 10.6 Å². The van der Waals surface area contributed by atoms with E-state index >= 15 is 0 Å². The summed E-state index contributed by atoms with van der Waals surface area (Å²) >= 11 is 1.67. The number of hydrogen-bond acceptors (Lipinski definition) is 5. The number of rotatable bonds is 20. The predicted octanol–water partition coefficient (Wildman–Crippen LogP) is 7.68. The van der Waals surface area contributed by atoms with Crippen LogP contribution in [0.5, 0.6) is 0 Å². The van der Waals surface area contributed by atoms with Gasteiger partial charge in [0, 0.05) is 24.4 Å². The fourth-order valence-corrected chi connectivity index (χ4v) is 5.84. The molecule has 0 saturated carbocycles. The lowest BCUT2D eigenvalue weighted by Crippen LogP contribution is -2.42. The van der Waals surface area contributed by atoms with Crippen molar-refractivity contribution in [2.24, 2.45) is 0 Å². The summed E-state index contributed by atoms with van der Waals surface area (Å²) in [4.78, 5) is 22.9. The van der Waals surface area contributed by atoms with E-state index in [1.165, 1.54) is 108 Å². The van der Waals surface area contributed by atoms with Crippen LogP contribution < -0.4 is 10.6 Å². The van der Waals surface area contributed by atoms with Crippen LogP contribution in [0, 0.1) is 10.1 Å². The maximum atomic E-state index is 12.4. The summed E-state index contributed by atoms with van der Waals surface area (Å²) in [6, 6.07) is 6.35. The second kappa shape index (κ2) is 18.6.